The molecule has 136 valence electrons. The highest BCUT2D eigenvalue weighted by atomic mass is 16.6. The van der Waals surface area contributed by atoms with E-state index in [1.807, 2.05) is 0 Å². The maximum atomic E-state index is 11.6. The predicted molar refractivity (Wildman–Crippen MR) is 89.4 cm³/mol. The SMILES string of the molecule is CCCCCCCCCCOC(=O)CN(C)C(=O)OCCOC. The molecule has 0 aliphatic carbocycles. The van der Waals surface area contributed by atoms with Crippen molar-refractivity contribution in [3.63, 3.8) is 0 Å². The number of ether oxygens (including phenoxy) is 3. The molecule has 0 spiro atoms. The molecular weight excluding hydrogens is 298 g/mol. The van der Waals surface area contributed by atoms with Gasteiger partial charge in [0, 0.05) is 14.2 Å². The van der Waals surface area contributed by atoms with E-state index < -0.39 is 12.1 Å². The van der Waals surface area contributed by atoms with E-state index in [4.69, 9.17) is 14.2 Å². The summed E-state index contributed by atoms with van der Waals surface area (Å²) in [6.45, 7) is 3.05. The summed E-state index contributed by atoms with van der Waals surface area (Å²) in [6.07, 6.45) is 9.05. The number of amides is 1. The molecule has 6 nitrogen and oxygen atoms in total. The number of rotatable bonds is 14. The summed E-state index contributed by atoms with van der Waals surface area (Å²) in [4.78, 5) is 24.3. The van der Waals surface area contributed by atoms with Gasteiger partial charge in [0.25, 0.3) is 0 Å². The highest BCUT2D eigenvalue weighted by molar-refractivity contribution is 5.77. The Balaban J connectivity index is 3.50. The van der Waals surface area contributed by atoms with E-state index >= 15 is 0 Å². The summed E-state index contributed by atoms with van der Waals surface area (Å²) in [6, 6.07) is 0. The van der Waals surface area contributed by atoms with Crippen LogP contribution in [0.25, 0.3) is 0 Å². The molecule has 0 bridgehead atoms. The topological polar surface area (TPSA) is 65.1 Å². The lowest BCUT2D eigenvalue weighted by molar-refractivity contribution is -0.144. The van der Waals surface area contributed by atoms with Gasteiger partial charge < -0.3 is 19.1 Å². The summed E-state index contributed by atoms with van der Waals surface area (Å²) < 4.78 is 14.8. The second kappa shape index (κ2) is 15.6. The van der Waals surface area contributed by atoms with Crippen LogP contribution in [0.1, 0.15) is 58.3 Å². The van der Waals surface area contributed by atoms with Crippen LogP contribution in [0.2, 0.25) is 0 Å². The molecule has 6 heteroatoms. The normalized spacial score (nSPS) is 10.4. The number of unbranched alkanes of at least 4 members (excludes halogenated alkanes) is 7. The zero-order chi connectivity index (χ0) is 17.3. The Morgan fingerprint density at radius 2 is 1.43 bits per heavy atom. The zero-order valence-electron chi connectivity index (χ0n) is 15.0. The molecule has 0 aliphatic heterocycles. The fourth-order valence-electron chi connectivity index (χ4n) is 2.05. The van der Waals surface area contributed by atoms with Crippen LogP contribution in [0.4, 0.5) is 4.79 Å². The third kappa shape index (κ3) is 14.0. The minimum atomic E-state index is -0.550. The molecule has 0 fully saturated rings. The van der Waals surface area contributed by atoms with E-state index in [0.29, 0.717) is 13.2 Å². The van der Waals surface area contributed by atoms with Crippen LogP contribution >= 0.6 is 0 Å². The largest absolute Gasteiger partial charge is 0.464 e. The molecule has 0 saturated carbocycles. The second-order valence-electron chi connectivity index (χ2n) is 5.66. The van der Waals surface area contributed by atoms with Crippen LogP contribution in [0.3, 0.4) is 0 Å². The number of carbonyl (C=O) groups is 2. The van der Waals surface area contributed by atoms with Crippen LogP contribution < -0.4 is 0 Å². The van der Waals surface area contributed by atoms with Gasteiger partial charge in [-0.2, -0.15) is 0 Å². The predicted octanol–water partition coefficient (Wildman–Crippen LogP) is 3.39. The Morgan fingerprint density at radius 1 is 0.826 bits per heavy atom. The molecule has 0 aliphatic rings. The molecule has 0 N–H and O–H groups in total. The summed E-state index contributed by atoms with van der Waals surface area (Å²) in [5, 5.41) is 0. The Morgan fingerprint density at radius 3 is 2.04 bits per heavy atom. The first-order valence-electron chi connectivity index (χ1n) is 8.64. The van der Waals surface area contributed by atoms with Crippen LogP contribution in [-0.4, -0.2) is 57.5 Å². The van der Waals surface area contributed by atoms with Crippen molar-refractivity contribution >= 4 is 12.1 Å². The number of likely N-dealkylation sites (N-methyl/N-ethyl adjacent to an activating group) is 1. The quantitative estimate of drug-likeness (QED) is 0.360. The van der Waals surface area contributed by atoms with Crippen molar-refractivity contribution in [1.29, 1.82) is 0 Å². The van der Waals surface area contributed by atoms with E-state index in [-0.39, 0.29) is 13.2 Å². The Labute approximate surface area is 140 Å². The van der Waals surface area contributed by atoms with Crippen molar-refractivity contribution in [3.8, 4) is 0 Å². The maximum Gasteiger partial charge on any atom is 0.410 e. The number of carbonyl (C=O) groups excluding carboxylic acids is 2. The first-order chi connectivity index (χ1) is 11.1. The molecule has 23 heavy (non-hydrogen) atoms. The lowest BCUT2D eigenvalue weighted by Gasteiger charge is -2.16. The van der Waals surface area contributed by atoms with Crippen LogP contribution in [0, 0.1) is 0 Å². The highest BCUT2D eigenvalue weighted by Gasteiger charge is 2.14. The molecule has 0 aromatic heterocycles. The van der Waals surface area contributed by atoms with Crippen molar-refractivity contribution in [1.82, 2.24) is 4.90 Å². The number of nitrogens with zero attached hydrogens (tertiary/aromatic N) is 1. The zero-order valence-corrected chi connectivity index (χ0v) is 15.0. The van der Waals surface area contributed by atoms with Crippen LogP contribution in [0.15, 0.2) is 0 Å². The molecule has 0 heterocycles. The molecule has 0 radical (unpaired) electrons. The summed E-state index contributed by atoms with van der Waals surface area (Å²) in [5.41, 5.74) is 0. The third-order valence-electron chi connectivity index (χ3n) is 3.45. The highest BCUT2D eigenvalue weighted by Crippen LogP contribution is 2.08. The molecule has 0 aromatic carbocycles. The summed E-state index contributed by atoms with van der Waals surface area (Å²) in [5.74, 6) is -0.404. The number of methoxy groups -OCH3 is 1. The van der Waals surface area contributed by atoms with E-state index in [0.717, 1.165) is 12.8 Å². The van der Waals surface area contributed by atoms with Gasteiger partial charge in [0.15, 0.2) is 0 Å². The fourth-order valence-corrected chi connectivity index (χ4v) is 2.05. The molecule has 0 unspecified atom stereocenters. The fraction of sp³-hybridized carbons (Fsp3) is 0.882. The van der Waals surface area contributed by atoms with Gasteiger partial charge in [-0.05, 0) is 6.42 Å². The molecule has 0 aromatic rings. The van der Waals surface area contributed by atoms with Crippen LogP contribution in [-0.2, 0) is 19.0 Å². The number of hydrogen-bond donors (Lipinski definition) is 0. The number of hydrogen-bond acceptors (Lipinski definition) is 5. The standard InChI is InChI=1S/C17H33NO5/c1-4-5-6-7-8-9-10-11-12-22-16(19)15-18(2)17(20)23-14-13-21-3/h4-15H2,1-3H3. The average molecular weight is 331 g/mol. The molecule has 0 rings (SSSR count). The van der Waals surface area contributed by atoms with Crippen molar-refractivity contribution in [3.05, 3.63) is 0 Å². The smallest absolute Gasteiger partial charge is 0.410 e. The monoisotopic (exact) mass is 331 g/mol. The van der Waals surface area contributed by atoms with Crippen molar-refractivity contribution in [2.24, 2.45) is 0 Å². The van der Waals surface area contributed by atoms with Gasteiger partial charge in [0.05, 0.1) is 13.2 Å². The number of esters is 1. The van der Waals surface area contributed by atoms with Gasteiger partial charge in [-0.3, -0.25) is 4.79 Å². The van der Waals surface area contributed by atoms with E-state index in [1.165, 1.54) is 57.6 Å². The molecular formula is C17H33NO5. The van der Waals surface area contributed by atoms with Gasteiger partial charge in [-0.25, -0.2) is 4.79 Å². The Bertz CT molecular complexity index is 309. The minimum absolute atomic E-state index is 0.0944. The van der Waals surface area contributed by atoms with E-state index in [1.54, 1.807) is 0 Å². The molecule has 1 amide bonds. The van der Waals surface area contributed by atoms with E-state index in [9.17, 15) is 9.59 Å². The van der Waals surface area contributed by atoms with Gasteiger partial charge in [0.2, 0.25) is 0 Å². The third-order valence-corrected chi connectivity index (χ3v) is 3.45. The van der Waals surface area contributed by atoms with E-state index in [2.05, 4.69) is 6.92 Å². The summed E-state index contributed by atoms with van der Waals surface area (Å²) in [7, 11) is 3.03. The molecule has 0 atom stereocenters. The van der Waals surface area contributed by atoms with Gasteiger partial charge in [-0.15, -0.1) is 0 Å². The lowest BCUT2D eigenvalue weighted by Crippen LogP contribution is -2.34. The van der Waals surface area contributed by atoms with Crippen molar-refractivity contribution in [2.75, 3.05) is 40.5 Å². The van der Waals surface area contributed by atoms with Gasteiger partial charge in [0.1, 0.15) is 13.2 Å². The summed E-state index contributed by atoms with van der Waals surface area (Å²) >= 11 is 0. The second-order valence-corrected chi connectivity index (χ2v) is 5.66. The maximum absolute atomic E-state index is 11.6. The van der Waals surface area contributed by atoms with Gasteiger partial charge in [-0.1, -0.05) is 51.9 Å². The van der Waals surface area contributed by atoms with Gasteiger partial charge >= 0.3 is 12.1 Å². The first-order valence-corrected chi connectivity index (χ1v) is 8.64. The average Bonchev–Trinajstić information content (AvgIpc) is 2.53. The van der Waals surface area contributed by atoms with Crippen molar-refractivity contribution in [2.45, 2.75) is 58.3 Å². The Hall–Kier alpha value is -1.30. The van der Waals surface area contributed by atoms with Crippen LogP contribution in [0.5, 0.6) is 0 Å². The molecule has 0 saturated heterocycles. The van der Waals surface area contributed by atoms with Crippen molar-refractivity contribution < 1.29 is 23.8 Å². The minimum Gasteiger partial charge on any atom is -0.464 e. The Kier molecular flexibility index (Phi) is 14.7. The first kappa shape index (κ1) is 21.7. The lowest BCUT2D eigenvalue weighted by atomic mass is 10.1.